The van der Waals surface area contributed by atoms with Crippen LogP contribution in [0.1, 0.15) is 30.9 Å². The van der Waals surface area contributed by atoms with Crippen molar-refractivity contribution in [2.75, 3.05) is 10.6 Å². The van der Waals surface area contributed by atoms with Gasteiger partial charge in [0.25, 0.3) is 5.91 Å². The number of rotatable bonds is 3. The van der Waals surface area contributed by atoms with Gasteiger partial charge in [-0.1, -0.05) is 44.2 Å². The average Bonchev–Trinajstić information content (AvgIpc) is 2.88. The summed E-state index contributed by atoms with van der Waals surface area (Å²) in [6.07, 6.45) is 0. The first-order chi connectivity index (χ1) is 11.5. The summed E-state index contributed by atoms with van der Waals surface area (Å²) in [4.78, 5) is 12.0. The number of benzene rings is 2. The Morgan fingerprint density at radius 1 is 1.12 bits per heavy atom. The van der Waals surface area contributed by atoms with Gasteiger partial charge in [-0.3, -0.25) is 10.2 Å². The second kappa shape index (κ2) is 6.80. The summed E-state index contributed by atoms with van der Waals surface area (Å²) < 4.78 is 0. The third kappa shape index (κ3) is 3.44. The van der Waals surface area contributed by atoms with E-state index >= 15 is 0 Å². The van der Waals surface area contributed by atoms with Gasteiger partial charge in [-0.25, -0.2) is 0 Å². The van der Waals surface area contributed by atoms with Crippen molar-refractivity contribution in [3.8, 4) is 0 Å². The van der Waals surface area contributed by atoms with E-state index in [0.29, 0.717) is 16.7 Å². The lowest BCUT2D eigenvalue weighted by molar-refractivity contribution is -0.110. The molecule has 0 unspecified atom stereocenters. The van der Waals surface area contributed by atoms with Gasteiger partial charge in [0, 0.05) is 11.3 Å². The van der Waals surface area contributed by atoms with Crippen LogP contribution in [0.5, 0.6) is 0 Å². The number of nitrogens with one attached hydrogen (secondary N) is 3. The van der Waals surface area contributed by atoms with Gasteiger partial charge in [-0.15, -0.1) is 0 Å². The number of fused-ring (bicyclic) bond motifs is 1. The minimum Gasteiger partial charge on any atom is -0.331 e. The molecule has 0 saturated heterocycles. The number of hydrazone groups is 1. The number of carbonyl (C=O) groups excluding carboxylic acids is 1. The van der Waals surface area contributed by atoms with Crippen LogP contribution in [-0.2, 0) is 4.79 Å². The first kappa shape index (κ1) is 16.1. The summed E-state index contributed by atoms with van der Waals surface area (Å²) in [5.41, 5.74) is 6.70. The van der Waals surface area contributed by atoms with Crippen LogP contribution in [0.3, 0.4) is 0 Å². The molecule has 0 fully saturated rings. The van der Waals surface area contributed by atoms with Crippen LogP contribution < -0.4 is 16.1 Å². The zero-order valence-corrected chi connectivity index (χ0v) is 14.3. The van der Waals surface area contributed by atoms with Crippen molar-refractivity contribution in [1.29, 1.82) is 0 Å². The summed E-state index contributed by atoms with van der Waals surface area (Å²) in [5.74, 6) is 0.240. The van der Waals surface area contributed by atoms with E-state index in [1.165, 1.54) is 5.56 Å². The topological polar surface area (TPSA) is 65.5 Å². The van der Waals surface area contributed by atoms with Gasteiger partial charge in [0.15, 0.2) is 10.8 Å². The van der Waals surface area contributed by atoms with Crippen molar-refractivity contribution in [2.24, 2.45) is 5.10 Å². The lowest BCUT2D eigenvalue weighted by Crippen LogP contribution is -2.27. The molecule has 24 heavy (non-hydrogen) atoms. The van der Waals surface area contributed by atoms with Crippen molar-refractivity contribution in [3.63, 3.8) is 0 Å². The molecule has 2 aromatic rings. The van der Waals surface area contributed by atoms with Gasteiger partial charge in [-0.2, -0.15) is 5.10 Å². The molecule has 0 atom stereocenters. The SMILES string of the molecule is CC(C)c1ccc(NC(=S)N/N=C2\C(=O)Nc3ccccc32)cc1. The molecule has 1 aliphatic heterocycles. The van der Waals surface area contributed by atoms with Crippen LogP contribution >= 0.6 is 12.2 Å². The number of anilines is 2. The van der Waals surface area contributed by atoms with Crippen LogP contribution in [0.15, 0.2) is 53.6 Å². The van der Waals surface area contributed by atoms with Crippen LogP contribution in [-0.4, -0.2) is 16.7 Å². The number of amides is 1. The lowest BCUT2D eigenvalue weighted by atomic mass is 10.0. The van der Waals surface area contributed by atoms with Crippen LogP contribution in [0.4, 0.5) is 11.4 Å². The maximum absolute atomic E-state index is 12.0. The molecule has 0 aliphatic carbocycles. The molecule has 1 heterocycles. The Hall–Kier alpha value is -2.73. The average molecular weight is 338 g/mol. The summed E-state index contributed by atoms with van der Waals surface area (Å²) in [5, 5.41) is 10.3. The Morgan fingerprint density at radius 2 is 1.83 bits per heavy atom. The first-order valence-corrected chi connectivity index (χ1v) is 8.11. The minimum atomic E-state index is -0.243. The number of hydrogen-bond acceptors (Lipinski definition) is 3. The van der Waals surface area contributed by atoms with Crippen molar-refractivity contribution in [3.05, 3.63) is 59.7 Å². The quantitative estimate of drug-likeness (QED) is 0.592. The van der Waals surface area contributed by atoms with E-state index in [2.05, 4.69) is 47.1 Å². The standard InChI is InChI=1S/C18H18N4OS/c1-11(2)12-7-9-13(10-8-12)19-18(24)22-21-16-14-5-3-4-6-15(14)20-17(16)23/h3-11H,1-2H3,(H2,19,22,24)(H,20,21,23). The van der Waals surface area contributed by atoms with Gasteiger partial charge < -0.3 is 10.6 Å². The van der Waals surface area contributed by atoms with Crippen molar-refractivity contribution in [2.45, 2.75) is 19.8 Å². The molecule has 0 spiro atoms. The molecule has 1 aliphatic rings. The summed E-state index contributed by atoms with van der Waals surface area (Å²) in [6, 6.07) is 15.5. The van der Waals surface area contributed by atoms with E-state index in [1.54, 1.807) is 0 Å². The highest BCUT2D eigenvalue weighted by molar-refractivity contribution is 7.80. The molecular weight excluding hydrogens is 320 g/mol. The molecule has 1 amide bonds. The largest absolute Gasteiger partial charge is 0.331 e. The highest BCUT2D eigenvalue weighted by Crippen LogP contribution is 2.22. The Balaban J connectivity index is 1.66. The van der Waals surface area contributed by atoms with E-state index in [1.807, 2.05) is 36.4 Å². The Morgan fingerprint density at radius 3 is 2.54 bits per heavy atom. The normalized spacial score (nSPS) is 14.5. The second-order valence-corrected chi connectivity index (χ2v) is 6.21. The van der Waals surface area contributed by atoms with Crippen LogP contribution in [0.25, 0.3) is 0 Å². The van der Waals surface area contributed by atoms with Crippen LogP contribution in [0, 0.1) is 0 Å². The third-order valence-electron chi connectivity index (χ3n) is 3.75. The lowest BCUT2D eigenvalue weighted by Gasteiger charge is -2.09. The van der Waals surface area contributed by atoms with Gasteiger partial charge in [0.2, 0.25) is 0 Å². The first-order valence-electron chi connectivity index (χ1n) is 7.70. The Bertz CT molecular complexity index is 812. The van der Waals surface area contributed by atoms with E-state index in [4.69, 9.17) is 12.2 Å². The molecular formula is C18H18N4OS. The van der Waals surface area contributed by atoms with Gasteiger partial charge in [0.1, 0.15) is 0 Å². The second-order valence-electron chi connectivity index (χ2n) is 5.80. The molecule has 122 valence electrons. The van der Waals surface area contributed by atoms with E-state index in [-0.39, 0.29) is 5.91 Å². The fourth-order valence-corrected chi connectivity index (χ4v) is 2.59. The highest BCUT2D eigenvalue weighted by atomic mass is 32.1. The van der Waals surface area contributed by atoms with E-state index in [9.17, 15) is 4.79 Å². The summed E-state index contributed by atoms with van der Waals surface area (Å²) in [6.45, 7) is 4.30. The number of carbonyl (C=O) groups is 1. The molecule has 3 N–H and O–H groups in total. The molecule has 3 rings (SSSR count). The van der Waals surface area contributed by atoms with Crippen LogP contribution in [0.2, 0.25) is 0 Å². The maximum atomic E-state index is 12.0. The fourth-order valence-electron chi connectivity index (χ4n) is 2.43. The zero-order chi connectivity index (χ0) is 17.1. The Kier molecular flexibility index (Phi) is 4.57. The molecule has 0 radical (unpaired) electrons. The highest BCUT2D eigenvalue weighted by Gasteiger charge is 2.25. The molecule has 2 aromatic carbocycles. The smallest absolute Gasteiger partial charge is 0.276 e. The summed E-state index contributed by atoms with van der Waals surface area (Å²) >= 11 is 5.23. The number of nitrogens with zero attached hydrogens (tertiary/aromatic N) is 1. The number of para-hydroxylation sites is 1. The van der Waals surface area contributed by atoms with Gasteiger partial charge in [0.05, 0.1) is 5.69 Å². The predicted octanol–water partition coefficient (Wildman–Crippen LogP) is 3.45. The monoisotopic (exact) mass is 338 g/mol. The van der Waals surface area contributed by atoms with Crippen molar-refractivity contribution < 1.29 is 4.79 Å². The number of hydrogen-bond donors (Lipinski definition) is 3. The van der Waals surface area contributed by atoms with E-state index in [0.717, 1.165) is 16.9 Å². The summed E-state index contributed by atoms with van der Waals surface area (Å²) in [7, 11) is 0. The number of thiocarbonyl (C=S) groups is 1. The van der Waals surface area contributed by atoms with Gasteiger partial charge in [-0.05, 0) is 41.9 Å². The fraction of sp³-hybridized carbons (Fsp3) is 0.167. The molecule has 0 aromatic heterocycles. The minimum absolute atomic E-state index is 0.243. The maximum Gasteiger partial charge on any atom is 0.276 e. The van der Waals surface area contributed by atoms with Crippen molar-refractivity contribution >= 4 is 40.3 Å². The predicted molar refractivity (Wildman–Crippen MR) is 101 cm³/mol. The van der Waals surface area contributed by atoms with Crippen molar-refractivity contribution in [1.82, 2.24) is 5.43 Å². The molecule has 6 heteroatoms. The Labute approximate surface area is 146 Å². The van der Waals surface area contributed by atoms with E-state index < -0.39 is 0 Å². The zero-order valence-electron chi connectivity index (χ0n) is 13.5. The molecule has 0 bridgehead atoms. The molecule has 5 nitrogen and oxygen atoms in total. The van der Waals surface area contributed by atoms with Gasteiger partial charge >= 0.3 is 0 Å². The third-order valence-corrected chi connectivity index (χ3v) is 3.94. The molecule has 0 saturated carbocycles.